The summed E-state index contributed by atoms with van der Waals surface area (Å²) in [6.07, 6.45) is 5.39. The number of nitrogens with one attached hydrogen (secondary N) is 1. The van der Waals surface area contributed by atoms with Crippen molar-refractivity contribution in [3.63, 3.8) is 0 Å². The molecular formula is C14H28N2O. The number of nitrogens with zero attached hydrogens (tertiary/aromatic N) is 1. The van der Waals surface area contributed by atoms with E-state index in [2.05, 4.69) is 17.1 Å². The number of hydrogen-bond donors (Lipinski definition) is 1. The molecule has 1 aliphatic heterocycles. The van der Waals surface area contributed by atoms with Crippen molar-refractivity contribution in [1.29, 1.82) is 0 Å². The van der Waals surface area contributed by atoms with Gasteiger partial charge in [-0.1, -0.05) is 6.92 Å². The van der Waals surface area contributed by atoms with Crippen LogP contribution in [0.5, 0.6) is 0 Å². The van der Waals surface area contributed by atoms with E-state index in [0.29, 0.717) is 5.41 Å². The second-order valence-electron chi connectivity index (χ2n) is 6.14. The second kappa shape index (κ2) is 6.17. The summed E-state index contributed by atoms with van der Waals surface area (Å²) in [7, 11) is 1.82. The summed E-state index contributed by atoms with van der Waals surface area (Å²) in [4.78, 5) is 2.70. The molecule has 2 aliphatic rings. The van der Waals surface area contributed by atoms with E-state index in [1.54, 1.807) is 0 Å². The molecule has 100 valence electrons. The van der Waals surface area contributed by atoms with Crippen LogP contribution in [-0.2, 0) is 4.74 Å². The Morgan fingerprint density at radius 3 is 2.94 bits per heavy atom. The first kappa shape index (κ1) is 13.3. The molecule has 1 saturated heterocycles. The first-order chi connectivity index (χ1) is 8.24. The van der Waals surface area contributed by atoms with Crippen LogP contribution in [0, 0.1) is 11.3 Å². The lowest BCUT2D eigenvalue weighted by Crippen LogP contribution is -2.41. The van der Waals surface area contributed by atoms with E-state index in [-0.39, 0.29) is 0 Å². The van der Waals surface area contributed by atoms with Crippen molar-refractivity contribution in [3.05, 3.63) is 0 Å². The molecule has 1 aliphatic carbocycles. The lowest BCUT2D eigenvalue weighted by molar-refractivity contribution is 0.135. The molecule has 1 N–H and O–H groups in total. The normalized spacial score (nSPS) is 29.6. The molecular weight excluding hydrogens is 212 g/mol. The van der Waals surface area contributed by atoms with E-state index >= 15 is 0 Å². The van der Waals surface area contributed by atoms with Gasteiger partial charge in [0.2, 0.25) is 0 Å². The molecule has 0 bridgehead atoms. The quantitative estimate of drug-likeness (QED) is 0.792. The van der Waals surface area contributed by atoms with Crippen LogP contribution in [0.2, 0.25) is 0 Å². The van der Waals surface area contributed by atoms with Crippen molar-refractivity contribution in [1.82, 2.24) is 10.2 Å². The third-order valence-corrected chi connectivity index (χ3v) is 4.24. The fourth-order valence-corrected chi connectivity index (χ4v) is 2.97. The maximum absolute atomic E-state index is 5.24. The fraction of sp³-hybridized carbons (Fsp3) is 1.00. The van der Waals surface area contributed by atoms with E-state index in [1.807, 2.05) is 7.11 Å². The van der Waals surface area contributed by atoms with Crippen LogP contribution >= 0.6 is 0 Å². The van der Waals surface area contributed by atoms with E-state index in [4.69, 9.17) is 4.74 Å². The van der Waals surface area contributed by atoms with Gasteiger partial charge in [0.15, 0.2) is 0 Å². The SMILES string of the molecule is COCCC1(CN2CCCNCC(C)C2)CC1. The number of hydrogen-bond acceptors (Lipinski definition) is 3. The molecule has 1 saturated carbocycles. The van der Waals surface area contributed by atoms with Crippen molar-refractivity contribution < 1.29 is 4.74 Å². The molecule has 0 radical (unpaired) electrons. The summed E-state index contributed by atoms with van der Waals surface area (Å²) in [5.74, 6) is 0.786. The van der Waals surface area contributed by atoms with Crippen molar-refractivity contribution in [2.24, 2.45) is 11.3 Å². The van der Waals surface area contributed by atoms with Crippen LogP contribution in [0.3, 0.4) is 0 Å². The third kappa shape index (κ3) is 4.23. The molecule has 17 heavy (non-hydrogen) atoms. The second-order valence-corrected chi connectivity index (χ2v) is 6.14. The lowest BCUT2D eigenvalue weighted by atomic mass is 10.0. The maximum atomic E-state index is 5.24. The Kier molecular flexibility index (Phi) is 4.83. The first-order valence-electron chi connectivity index (χ1n) is 7.16. The number of rotatable bonds is 5. The van der Waals surface area contributed by atoms with E-state index in [0.717, 1.165) is 12.5 Å². The van der Waals surface area contributed by atoms with Crippen LogP contribution < -0.4 is 5.32 Å². The van der Waals surface area contributed by atoms with Gasteiger partial charge in [0.05, 0.1) is 0 Å². The smallest absolute Gasteiger partial charge is 0.0468 e. The van der Waals surface area contributed by atoms with Crippen LogP contribution in [0.15, 0.2) is 0 Å². The molecule has 0 aromatic rings. The Balaban J connectivity index is 1.79. The van der Waals surface area contributed by atoms with Gasteiger partial charge in [-0.2, -0.15) is 0 Å². The largest absolute Gasteiger partial charge is 0.385 e. The summed E-state index contributed by atoms with van der Waals surface area (Å²) in [6, 6.07) is 0. The van der Waals surface area contributed by atoms with Gasteiger partial charge in [-0.15, -0.1) is 0 Å². The topological polar surface area (TPSA) is 24.5 Å². The highest BCUT2D eigenvalue weighted by Crippen LogP contribution is 2.49. The molecule has 3 nitrogen and oxygen atoms in total. The predicted octanol–water partition coefficient (Wildman–Crippen LogP) is 1.73. The van der Waals surface area contributed by atoms with E-state index in [1.165, 1.54) is 58.4 Å². The Morgan fingerprint density at radius 1 is 1.41 bits per heavy atom. The van der Waals surface area contributed by atoms with Crippen molar-refractivity contribution in [2.45, 2.75) is 32.6 Å². The van der Waals surface area contributed by atoms with Crippen molar-refractivity contribution >= 4 is 0 Å². The molecule has 1 heterocycles. The van der Waals surface area contributed by atoms with Gasteiger partial charge in [-0.05, 0) is 56.7 Å². The van der Waals surface area contributed by atoms with Crippen LogP contribution in [0.4, 0.5) is 0 Å². The molecule has 2 rings (SSSR count). The van der Waals surface area contributed by atoms with Gasteiger partial charge in [0.1, 0.15) is 0 Å². The summed E-state index contributed by atoms with van der Waals surface area (Å²) < 4.78 is 5.24. The van der Waals surface area contributed by atoms with Crippen molar-refractivity contribution in [3.8, 4) is 0 Å². The molecule has 0 aromatic carbocycles. The van der Waals surface area contributed by atoms with Crippen molar-refractivity contribution in [2.75, 3.05) is 46.4 Å². The zero-order valence-electron chi connectivity index (χ0n) is 11.5. The van der Waals surface area contributed by atoms with Gasteiger partial charge in [-0.25, -0.2) is 0 Å². The molecule has 2 fully saturated rings. The third-order valence-electron chi connectivity index (χ3n) is 4.24. The van der Waals surface area contributed by atoms with Gasteiger partial charge >= 0.3 is 0 Å². The summed E-state index contributed by atoms with van der Waals surface area (Å²) >= 11 is 0. The zero-order valence-corrected chi connectivity index (χ0v) is 11.5. The minimum Gasteiger partial charge on any atom is -0.385 e. The summed E-state index contributed by atoms with van der Waals surface area (Å²) in [5.41, 5.74) is 0.613. The van der Waals surface area contributed by atoms with Gasteiger partial charge in [0.25, 0.3) is 0 Å². The van der Waals surface area contributed by atoms with Gasteiger partial charge in [0, 0.05) is 26.8 Å². The number of ether oxygens (including phenoxy) is 1. The summed E-state index contributed by atoms with van der Waals surface area (Å²) in [6.45, 7) is 9.51. The van der Waals surface area contributed by atoms with Crippen LogP contribution in [-0.4, -0.2) is 51.3 Å². The highest BCUT2D eigenvalue weighted by molar-refractivity contribution is 4.95. The molecule has 0 spiro atoms. The van der Waals surface area contributed by atoms with E-state index < -0.39 is 0 Å². The highest BCUT2D eigenvalue weighted by atomic mass is 16.5. The molecule has 1 atom stereocenters. The van der Waals surface area contributed by atoms with E-state index in [9.17, 15) is 0 Å². The minimum atomic E-state index is 0.613. The van der Waals surface area contributed by atoms with Crippen LogP contribution in [0.1, 0.15) is 32.6 Å². The summed E-state index contributed by atoms with van der Waals surface area (Å²) in [5, 5.41) is 3.52. The number of methoxy groups -OCH3 is 1. The molecule has 3 heteroatoms. The average Bonchev–Trinajstić information content (AvgIpc) is 3.03. The minimum absolute atomic E-state index is 0.613. The Morgan fingerprint density at radius 2 is 2.24 bits per heavy atom. The Hall–Kier alpha value is -0.120. The van der Waals surface area contributed by atoms with Gasteiger partial charge < -0.3 is 15.0 Å². The highest BCUT2D eigenvalue weighted by Gasteiger charge is 2.43. The lowest BCUT2D eigenvalue weighted by Gasteiger charge is -2.31. The predicted molar refractivity (Wildman–Crippen MR) is 71.3 cm³/mol. The fourth-order valence-electron chi connectivity index (χ4n) is 2.97. The maximum Gasteiger partial charge on any atom is 0.0468 e. The zero-order chi connectivity index (χ0) is 12.1. The van der Waals surface area contributed by atoms with Crippen LogP contribution in [0.25, 0.3) is 0 Å². The Bertz CT molecular complexity index is 228. The molecule has 0 aromatic heterocycles. The Labute approximate surface area is 106 Å². The van der Waals surface area contributed by atoms with Gasteiger partial charge in [-0.3, -0.25) is 0 Å². The first-order valence-corrected chi connectivity index (χ1v) is 7.16. The molecule has 0 amide bonds. The standard InChI is InChI=1S/C14H28N2O/c1-13-10-15-7-3-8-16(11-13)12-14(4-5-14)6-9-17-2/h13,15H,3-12H2,1-2H3. The monoisotopic (exact) mass is 240 g/mol. The molecule has 1 unspecified atom stereocenters. The average molecular weight is 240 g/mol.